The molecule has 0 N–H and O–H groups in total. The number of hydrogen-bond acceptors (Lipinski definition) is 3. The first kappa shape index (κ1) is 15.8. The highest BCUT2D eigenvalue weighted by molar-refractivity contribution is 6.80. The lowest BCUT2D eigenvalue weighted by atomic mass is 10.1. The largest absolute Gasteiger partial charge is 0.497 e. The number of allylic oxidation sites excluding steroid dienone is 1. The smallest absolute Gasteiger partial charge is 0.309 e. The van der Waals surface area contributed by atoms with E-state index in [9.17, 15) is 4.79 Å². The van der Waals surface area contributed by atoms with E-state index in [1.165, 1.54) is 12.7 Å². The minimum absolute atomic E-state index is 0.0454. The monoisotopic (exact) mass is 304 g/mol. The number of methoxy groups -OCH3 is 2. The second-order valence-corrected chi connectivity index (χ2v) is 11.7. The Balaban J connectivity index is 2.19. The van der Waals surface area contributed by atoms with Gasteiger partial charge in [0.25, 0.3) is 0 Å². The zero-order valence-electron chi connectivity index (χ0n) is 13.4. The first-order valence-corrected chi connectivity index (χ1v) is 10.9. The summed E-state index contributed by atoms with van der Waals surface area (Å²) in [6.07, 6.45) is 2.22. The Morgan fingerprint density at radius 1 is 1.14 bits per heavy atom. The molecule has 2 rings (SSSR count). The molecule has 0 radical (unpaired) electrons. The molecule has 4 heteroatoms. The van der Waals surface area contributed by atoms with Crippen molar-refractivity contribution in [2.75, 3.05) is 14.2 Å². The molecule has 0 unspecified atom stereocenters. The zero-order valence-corrected chi connectivity index (χ0v) is 14.4. The third kappa shape index (κ3) is 3.76. The first-order chi connectivity index (χ1) is 9.87. The van der Waals surface area contributed by atoms with Crippen molar-refractivity contribution in [2.24, 2.45) is 11.8 Å². The van der Waals surface area contributed by atoms with Gasteiger partial charge in [-0.25, -0.2) is 0 Å². The quantitative estimate of drug-likeness (QED) is 0.615. The van der Waals surface area contributed by atoms with E-state index in [1.807, 2.05) is 24.3 Å². The van der Waals surface area contributed by atoms with Crippen LogP contribution >= 0.6 is 0 Å². The van der Waals surface area contributed by atoms with Crippen molar-refractivity contribution >= 4 is 14.0 Å². The van der Waals surface area contributed by atoms with E-state index >= 15 is 0 Å². The van der Waals surface area contributed by atoms with Crippen LogP contribution in [0.5, 0.6) is 5.75 Å². The summed E-state index contributed by atoms with van der Waals surface area (Å²) < 4.78 is 10.1. The summed E-state index contributed by atoms with van der Waals surface area (Å²) >= 11 is 0. The standard InChI is InChI=1S/C17H24O3Si/c1-19-13-8-6-12(7-9-13)15-14(10-11-21(3,4)5)16(15)17(18)20-2/h6-11,14-16H,1-5H3/b11-10+/t14-,15+,16+/m1/s1. The summed E-state index contributed by atoms with van der Waals surface area (Å²) in [5.74, 6) is 1.17. The number of rotatable bonds is 5. The average molecular weight is 304 g/mol. The summed E-state index contributed by atoms with van der Waals surface area (Å²) in [6.45, 7) is 6.88. The molecule has 0 heterocycles. The van der Waals surface area contributed by atoms with Crippen molar-refractivity contribution < 1.29 is 14.3 Å². The van der Waals surface area contributed by atoms with Crippen LogP contribution in [-0.2, 0) is 9.53 Å². The SMILES string of the molecule is COC(=O)[C@H]1[C@H](/C=C/[Si](C)(C)C)[C@@H]1c1ccc(OC)cc1. The zero-order chi connectivity index (χ0) is 15.6. The highest BCUT2D eigenvalue weighted by atomic mass is 28.3. The van der Waals surface area contributed by atoms with Crippen LogP contribution in [0.3, 0.4) is 0 Å². The summed E-state index contributed by atoms with van der Waals surface area (Å²) in [4.78, 5) is 11.9. The predicted octanol–water partition coefficient (Wildman–Crippen LogP) is 3.63. The molecule has 0 aromatic heterocycles. The molecule has 1 saturated carbocycles. The van der Waals surface area contributed by atoms with E-state index in [2.05, 4.69) is 31.4 Å². The minimum atomic E-state index is -1.25. The fourth-order valence-electron chi connectivity index (χ4n) is 2.67. The maximum absolute atomic E-state index is 11.9. The van der Waals surface area contributed by atoms with Crippen LogP contribution in [0.4, 0.5) is 0 Å². The molecular formula is C17H24O3Si. The Bertz CT molecular complexity index is 528. The number of carbonyl (C=O) groups excluding carboxylic acids is 1. The van der Waals surface area contributed by atoms with Crippen LogP contribution < -0.4 is 4.74 Å². The van der Waals surface area contributed by atoms with Gasteiger partial charge in [0.2, 0.25) is 0 Å². The van der Waals surface area contributed by atoms with E-state index in [4.69, 9.17) is 9.47 Å². The van der Waals surface area contributed by atoms with Gasteiger partial charge in [0, 0.05) is 5.92 Å². The summed E-state index contributed by atoms with van der Waals surface area (Å²) in [5, 5.41) is 0. The van der Waals surface area contributed by atoms with Crippen LogP contribution in [0.25, 0.3) is 0 Å². The molecule has 1 aromatic rings. The molecule has 114 valence electrons. The molecule has 1 aliphatic carbocycles. The molecule has 0 aliphatic heterocycles. The van der Waals surface area contributed by atoms with Crippen LogP contribution in [0.15, 0.2) is 36.0 Å². The number of hydrogen-bond donors (Lipinski definition) is 0. The van der Waals surface area contributed by atoms with Gasteiger partial charge in [-0.05, 0) is 23.6 Å². The Labute approximate surface area is 128 Å². The third-order valence-corrected chi connectivity index (χ3v) is 5.06. The normalized spacial score (nSPS) is 24.9. The molecule has 0 amide bonds. The molecule has 21 heavy (non-hydrogen) atoms. The average Bonchev–Trinajstić information content (AvgIpc) is 3.18. The second-order valence-electron chi connectivity index (χ2n) is 6.65. The van der Waals surface area contributed by atoms with Crippen LogP contribution in [0.2, 0.25) is 19.6 Å². The van der Waals surface area contributed by atoms with Crippen molar-refractivity contribution in [2.45, 2.75) is 25.6 Å². The van der Waals surface area contributed by atoms with Crippen molar-refractivity contribution in [1.82, 2.24) is 0 Å². The van der Waals surface area contributed by atoms with Gasteiger partial charge >= 0.3 is 5.97 Å². The molecule has 0 spiro atoms. The van der Waals surface area contributed by atoms with Gasteiger partial charge in [-0.3, -0.25) is 4.79 Å². The van der Waals surface area contributed by atoms with Crippen molar-refractivity contribution in [3.63, 3.8) is 0 Å². The predicted molar refractivity (Wildman–Crippen MR) is 87.2 cm³/mol. The fraction of sp³-hybridized carbons (Fsp3) is 0.471. The van der Waals surface area contributed by atoms with Gasteiger partial charge in [0.15, 0.2) is 0 Å². The van der Waals surface area contributed by atoms with E-state index < -0.39 is 8.07 Å². The summed E-state index contributed by atoms with van der Waals surface area (Å²) in [7, 11) is 1.87. The van der Waals surface area contributed by atoms with Crippen molar-refractivity contribution in [1.29, 1.82) is 0 Å². The highest BCUT2D eigenvalue weighted by Gasteiger charge is 2.54. The van der Waals surface area contributed by atoms with Gasteiger partial charge in [-0.2, -0.15) is 0 Å². The van der Waals surface area contributed by atoms with Gasteiger partial charge in [0.05, 0.1) is 28.2 Å². The molecule has 1 fully saturated rings. The first-order valence-electron chi connectivity index (χ1n) is 7.28. The molecule has 1 aromatic carbocycles. The second kappa shape index (κ2) is 6.06. The van der Waals surface area contributed by atoms with Crippen LogP contribution in [0.1, 0.15) is 11.5 Å². The van der Waals surface area contributed by atoms with Gasteiger partial charge in [-0.1, -0.05) is 43.5 Å². The van der Waals surface area contributed by atoms with Crippen LogP contribution in [0, 0.1) is 11.8 Å². The Hall–Kier alpha value is -1.55. The lowest BCUT2D eigenvalue weighted by molar-refractivity contribution is -0.142. The van der Waals surface area contributed by atoms with E-state index in [0.717, 1.165) is 5.75 Å². The lowest BCUT2D eigenvalue weighted by Crippen LogP contribution is -2.15. The number of benzene rings is 1. The van der Waals surface area contributed by atoms with E-state index in [-0.39, 0.29) is 23.7 Å². The Morgan fingerprint density at radius 2 is 1.76 bits per heavy atom. The maximum atomic E-state index is 11.9. The highest BCUT2D eigenvalue weighted by Crippen LogP contribution is 2.55. The number of esters is 1. The van der Waals surface area contributed by atoms with Gasteiger partial charge < -0.3 is 9.47 Å². The molecule has 3 atom stereocenters. The number of carbonyl (C=O) groups is 1. The lowest BCUT2D eigenvalue weighted by Gasteiger charge is -2.07. The van der Waals surface area contributed by atoms with Crippen molar-refractivity contribution in [3.8, 4) is 5.75 Å². The minimum Gasteiger partial charge on any atom is -0.497 e. The summed E-state index contributed by atoms with van der Waals surface area (Å²) in [6, 6.07) is 7.98. The fourth-order valence-corrected chi connectivity index (χ4v) is 3.47. The summed E-state index contributed by atoms with van der Waals surface area (Å²) in [5.41, 5.74) is 3.49. The molecular weight excluding hydrogens is 280 g/mol. The van der Waals surface area contributed by atoms with Crippen molar-refractivity contribution in [3.05, 3.63) is 41.6 Å². The third-order valence-electron chi connectivity index (χ3n) is 3.87. The molecule has 0 saturated heterocycles. The van der Waals surface area contributed by atoms with Gasteiger partial charge in [-0.15, -0.1) is 0 Å². The maximum Gasteiger partial charge on any atom is 0.309 e. The van der Waals surface area contributed by atoms with E-state index in [0.29, 0.717) is 0 Å². The molecule has 3 nitrogen and oxygen atoms in total. The van der Waals surface area contributed by atoms with Gasteiger partial charge in [0.1, 0.15) is 5.75 Å². The molecule has 0 bridgehead atoms. The molecule has 1 aliphatic rings. The number of ether oxygens (including phenoxy) is 2. The topological polar surface area (TPSA) is 35.5 Å². The Morgan fingerprint density at radius 3 is 2.24 bits per heavy atom. The van der Waals surface area contributed by atoms with E-state index in [1.54, 1.807) is 7.11 Å². The van der Waals surface area contributed by atoms with Crippen LogP contribution in [-0.4, -0.2) is 28.3 Å². The Kier molecular flexibility index (Phi) is 4.57.